The zero-order valence-corrected chi connectivity index (χ0v) is 11.7. The van der Waals surface area contributed by atoms with Gasteiger partial charge in [0.15, 0.2) is 5.82 Å². The number of rotatable bonds is 5. The fraction of sp³-hybridized carbons (Fsp3) is 0.308. The summed E-state index contributed by atoms with van der Waals surface area (Å²) in [6, 6.07) is 7.22. The molecule has 0 N–H and O–H groups in total. The van der Waals surface area contributed by atoms with Crippen LogP contribution in [0.2, 0.25) is 0 Å². The van der Waals surface area contributed by atoms with Gasteiger partial charge in [0.2, 0.25) is 10.0 Å². The second-order valence-corrected chi connectivity index (χ2v) is 6.04. The van der Waals surface area contributed by atoms with Gasteiger partial charge >= 0.3 is 0 Å². The third kappa shape index (κ3) is 3.14. The molecule has 102 valence electrons. The van der Waals surface area contributed by atoms with Crippen molar-refractivity contribution in [3.05, 3.63) is 36.7 Å². The maximum atomic E-state index is 11.6. The summed E-state index contributed by atoms with van der Waals surface area (Å²) in [6.07, 6.45) is 5.00. The summed E-state index contributed by atoms with van der Waals surface area (Å²) in [6.45, 7) is 2.70. The lowest BCUT2D eigenvalue weighted by Gasteiger charge is -2.07. The zero-order valence-electron chi connectivity index (χ0n) is 10.9. The second kappa shape index (κ2) is 5.44. The lowest BCUT2D eigenvalue weighted by molar-refractivity contribution is 0.317. The van der Waals surface area contributed by atoms with Gasteiger partial charge in [0, 0.05) is 18.0 Å². The number of hydrogen-bond donors (Lipinski definition) is 0. The van der Waals surface area contributed by atoms with E-state index in [1.807, 2.05) is 19.1 Å². The molecule has 0 atom stereocenters. The van der Waals surface area contributed by atoms with Crippen molar-refractivity contribution in [2.75, 3.05) is 12.9 Å². The van der Waals surface area contributed by atoms with Crippen molar-refractivity contribution in [2.45, 2.75) is 13.3 Å². The molecule has 0 aliphatic rings. The van der Waals surface area contributed by atoms with Crippen molar-refractivity contribution in [1.29, 1.82) is 0 Å². The van der Waals surface area contributed by atoms with Gasteiger partial charge in [-0.25, -0.2) is 17.4 Å². The molecule has 2 rings (SSSR count). The molecule has 0 fully saturated rings. The van der Waals surface area contributed by atoms with E-state index in [-0.39, 0.29) is 0 Å². The van der Waals surface area contributed by atoms with E-state index in [4.69, 9.17) is 4.74 Å². The van der Waals surface area contributed by atoms with Crippen molar-refractivity contribution in [3.63, 3.8) is 0 Å². The summed E-state index contributed by atoms with van der Waals surface area (Å²) >= 11 is 0. The van der Waals surface area contributed by atoms with Crippen LogP contribution in [0.3, 0.4) is 0 Å². The average molecular weight is 280 g/mol. The zero-order chi connectivity index (χ0) is 13.9. The van der Waals surface area contributed by atoms with Crippen molar-refractivity contribution >= 4 is 10.0 Å². The fourth-order valence-electron chi connectivity index (χ4n) is 1.68. The van der Waals surface area contributed by atoms with E-state index < -0.39 is 10.0 Å². The van der Waals surface area contributed by atoms with Crippen molar-refractivity contribution in [3.8, 4) is 17.1 Å². The topological polar surface area (TPSA) is 61.2 Å². The molecule has 0 amide bonds. The Morgan fingerprint density at radius 1 is 1.26 bits per heavy atom. The minimum absolute atomic E-state index is 0.407. The molecule has 0 aliphatic carbocycles. The first kappa shape index (κ1) is 13.6. The SMILES string of the molecule is CCCOc1ccc(-c2nccn2S(C)(=O)=O)cc1. The molecule has 0 unspecified atom stereocenters. The number of aromatic nitrogens is 2. The predicted molar refractivity (Wildman–Crippen MR) is 73.7 cm³/mol. The normalized spacial score (nSPS) is 11.5. The van der Waals surface area contributed by atoms with Gasteiger partial charge in [-0.05, 0) is 30.7 Å². The maximum Gasteiger partial charge on any atom is 0.237 e. The van der Waals surface area contributed by atoms with Crippen LogP contribution in [0.5, 0.6) is 5.75 Å². The van der Waals surface area contributed by atoms with E-state index in [1.54, 1.807) is 12.1 Å². The third-order valence-corrected chi connectivity index (χ3v) is 3.56. The van der Waals surface area contributed by atoms with E-state index in [2.05, 4.69) is 4.98 Å². The number of nitrogens with zero attached hydrogens (tertiary/aromatic N) is 2. The first-order chi connectivity index (χ1) is 9.02. The Kier molecular flexibility index (Phi) is 3.90. The molecule has 0 bridgehead atoms. The molecule has 1 aromatic carbocycles. The molecule has 0 spiro atoms. The Balaban J connectivity index is 2.31. The number of benzene rings is 1. The molecule has 2 aromatic rings. The van der Waals surface area contributed by atoms with Gasteiger partial charge in [-0.15, -0.1) is 0 Å². The molecule has 0 saturated heterocycles. The van der Waals surface area contributed by atoms with E-state index in [0.717, 1.165) is 28.0 Å². The first-order valence-electron chi connectivity index (χ1n) is 5.99. The van der Waals surface area contributed by atoms with E-state index in [1.165, 1.54) is 12.4 Å². The molecule has 5 nitrogen and oxygen atoms in total. The van der Waals surface area contributed by atoms with Crippen LogP contribution in [0.25, 0.3) is 11.4 Å². The van der Waals surface area contributed by atoms with E-state index in [9.17, 15) is 8.42 Å². The van der Waals surface area contributed by atoms with Crippen LogP contribution in [-0.2, 0) is 10.0 Å². The molecule has 19 heavy (non-hydrogen) atoms. The highest BCUT2D eigenvalue weighted by molar-refractivity contribution is 7.89. The third-order valence-electron chi connectivity index (χ3n) is 2.55. The Hall–Kier alpha value is -1.82. The highest BCUT2D eigenvalue weighted by Crippen LogP contribution is 2.22. The molecular weight excluding hydrogens is 264 g/mol. The lowest BCUT2D eigenvalue weighted by Crippen LogP contribution is -2.10. The summed E-state index contributed by atoms with van der Waals surface area (Å²) in [5.41, 5.74) is 0.735. The summed E-state index contributed by atoms with van der Waals surface area (Å²) < 4.78 is 29.8. The smallest absolute Gasteiger partial charge is 0.237 e. The quantitative estimate of drug-likeness (QED) is 0.842. The van der Waals surface area contributed by atoms with Crippen LogP contribution in [0, 0.1) is 0 Å². The average Bonchev–Trinajstić information content (AvgIpc) is 2.86. The molecule has 1 aromatic heterocycles. The standard InChI is InChI=1S/C13H16N2O3S/c1-3-10-18-12-6-4-11(5-7-12)13-14-8-9-15(13)19(2,16)17/h4-9H,3,10H2,1-2H3. The van der Waals surface area contributed by atoms with E-state index >= 15 is 0 Å². The Morgan fingerprint density at radius 3 is 2.53 bits per heavy atom. The minimum atomic E-state index is -3.34. The fourth-order valence-corrected chi connectivity index (χ4v) is 2.42. The molecule has 6 heteroatoms. The van der Waals surface area contributed by atoms with Crippen molar-refractivity contribution in [1.82, 2.24) is 8.96 Å². The van der Waals surface area contributed by atoms with E-state index in [0.29, 0.717) is 12.4 Å². The maximum absolute atomic E-state index is 11.6. The predicted octanol–water partition coefficient (Wildman–Crippen LogP) is 2.15. The van der Waals surface area contributed by atoms with Crippen LogP contribution in [-0.4, -0.2) is 30.2 Å². The Bertz CT molecular complexity index is 645. The van der Waals surface area contributed by atoms with Gasteiger partial charge in [0.1, 0.15) is 5.75 Å². The molecule has 0 aliphatic heterocycles. The Labute approximate surface area is 112 Å². The largest absolute Gasteiger partial charge is 0.494 e. The molecular formula is C13H16N2O3S. The minimum Gasteiger partial charge on any atom is -0.494 e. The summed E-state index contributed by atoms with van der Waals surface area (Å²) in [7, 11) is -3.34. The summed E-state index contributed by atoms with van der Waals surface area (Å²) in [4.78, 5) is 4.09. The lowest BCUT2D eigenvalue weighted by atomic mass is 10.2. The van der Waals surface area contributed by atoms with Gasteiger partial charge in [0.05, 0.1) is 12.9 Å². The van der Waals surface area contributed by atoms with Crippen molar-refractivity contribution < 1.29 is 13.2 Å². The van der Waals surface area contributed by atoms with Gasteiger partial charge in [-0.3, -0.25) is 0 Å². The van der Waals surface area contributed by atoms with Crippen LogP contribution in [0.15, 0.2) is 36.7 Å². The van der Waals surface area contributed by atoms with Gasteiger partial charge < -0.3 is 4.74 Å². The van der Waals surface area contributed by atoms with Crippen LogP contribution < -0.4 is 4.74 Å². The summed E-state index contributed by atoms with van der Waals surface area (Å²) in [5, 5.41) is 0. The van der Waals surface area contributed by atoms with Gasteiger partial charge in [-0.1, -0.05) is 6.92 Å². The highest BCUT2D eigenvalue weighted by atomic mass is 32.2. The van der Waals surface area contributed by atoms with Crippen LogP contribution in [0.4, 0.5) is 0 Å². The van der Waals surface area contributed by atoms with Crippen molar-refractivity contribution in [2.24, 2.45) is 0 Å². The second-order valence-electron chi connectivity index (χ2n) is 4.18. The molecule has 0 radical (unpaired) electrons. The van der Waals surface area contributed by atoms with Gasteiger partial charge in [0.25, 0.3) is 0 Å². The Morgan fingerprint density at radius 2 is 1.95 bits per heavy atom. The number of ether oxygens (including phenoxy) is 1. The number of imidazole rings is 1. The molecule has 1 heterocycles. The summed E-state index contributed by atoms with van der Waals surface area (Å²) in [5.74, 6) is 1.17. The molecule has 0 saturated carbocycles. The highest BCUT2D eigenvalue weighted by Gasteiger charge is 2.13. The van der Waals surface area contributed by atoms with Gasteiger partial charge in [-0.2, -0.15) is 0 Å². The van der Waals surface area contributed by atoms with Crippen LogP contribution >= 0.6 is 0 Å². The first-order valence-corrected chi connectivity index (χ1v) is 7.84. The number of hydrogen-bond acceptors (Lipinski definition) is 4. The van der Waals surface area contributed by atoms with Crippen LogP contribution in [0.1, 0.15) is 13.3 Å². The monoisotopic (exact) mass is 280 g/mol.